The number of aryl methyl sites for hydroxylation is 3. The van der Waals surface area contributed by atoms with Crippen LogP contribution in [0.5, 0.6) is 0 Å². The summed E-state index contributed by atoms with van der Waals surface area (Å²) in [5.41, 5.74) is 7.16. The minimum absolute atomic E-state index is 0.450. The number of aldehydes is 1. The van der Waals surface area contributed by atoms with Gasteiger partial charge in [0, 0.05) is 11.8 Å². The molecule has 23 heavy (non-hydrogen) atoms. The van der Waals surface area contributed by atoms with Gasteiger partial charge in [0.2, 0.25) is 0 Å². The number of aromatic nitrogens is 2. The van der Waals surface area contributed by atoms with E-state index in [2.05, 4.69) is 55.8 Å². The van der Waals surface area contributed by atoms with Crippen molar-refractivity contribution in [3.05, 3.63) is 64.3 Å². The van der Waals surface area contributed by atoms with Gasteiger partial charge in [0.1, 0.15) is 6.29 Å². The van der Waals surface area contributed by atoms with Gasteiger partial charge in [-0.2, -0.15) is 5.10 Å². The third-order valence-electron chi connectivity index (χ3n) is 4.50. The van der Waals surface area contributed by atoms with E-state index in [1.54, 1.807) is 0 Å². The number of nitrogens with zero attached hydrogens (tertiary/aromatic N) is 2. The van der Waals surface area contributed by atoms with Crippen LogP contribution in [0.15, 0.2) is 36.4 Å². The van der Waals surface area contributed by atoms with E-state index in [0.29, 0.717) is 6.42 Å². The summed E-state index contributed by atoms with van der Waals surface area (Å²) in [6.45, 7) is 7.18. The molecule has 3 heteroatoms. The molecule has 0 unspecified atom stereocenters. The Morgan fingerprint density at radius 3 is 2.52 bits per heavy atom. The molecule has 3 rings (SSSR count). The Hall–Kier alpha value is -2.42. The zero-order valence-electron chi connectivity index (χ0n) is 14.0. The van der Waals surface area contributed by atoms with E-state index in [-0.39, 0.29) is 0 Å². The fraction of sp³-hybridized carbons (Fsp3) is 0.300. The number of fused-ring (bicyclic) bond motifs is 1. The van der Waals surface area contributed by atoms with Gasteiger partial charge in [0.25, 0.3) is 0 Å². The highest BCUT2D eigenvalue weighted by Gasteiger charge is 2.12. The smallest absolute Gasteiger partial charge is 0.124 e. The maximum absolute atomic E-state index is 10.8. The lowest BCUT2D eigenvalue weighted by Crippen LogP contribution is -2.05. The highest BCUT2D eigenvalue weighted by Crippen LogP contribution is 2.23. The molecule has 3 nitrogen and oxygen atoms in total. The summed E-state index contributed by atoms with van der Waals surface area (Å²) >= 11 is 0. The van der Waals surface area contributed by atoms with Crippen molar-refractivity contribution >= 4 is 17.2 Å². The van der Waals surface area contributed by atoms with Gasteiger partial charge in [-0.25, -0.2) is 0 Å². The van der Waals surface area contributed by atoms with Crippen molar-refractivity contribution in [1.29, 1.82) is 0 Å². The topological polar surface area (TPSA) is 34.9 Å². The van der Waals surface area contributed by atoms with Crippen molar-refractivity contribution in [1.82, 2.24) is 9.78 Å². The molecule has 0 aliphatic heterocycles. The van der Waals surface area contributed by atoms with Crippen LogP contribution >= 0.6 is 0 Å². The molecule has 0 bridgehead atoms. The predicted octanol–water partition coefficient (Wildman–Crippen LogP) is 4.01. The zero-order chi connectivity index (χ0) is 16.4. The standard InChI is InChI=1S/C20H22N2O/c1-4-19-17-9-8-16(10-11-23)12-20(17)22(21-19)13-18-14(2)6-5-7-15(18)3/h5-9,11-12H,4,10,13H2,1-3H3. The quantitative estimate of drug-likeness (QED) is 0.668. The molecule has 0 fully saturated rings. The van der Waals surface area contributed by atoms with Crippen LogP contribution in [0.4, 0.5) is 0 Å². The molecular formula is C20H22N2O. The van der Waals surface area contributed by atoms with Crippen molar-refractivity contribution in [3.63, 3.8) is 0 Å². The maximum atomic E-state index is 10.8. The molecule has 0 radical (unpaired) electrons. The van der Waals surface area contributed by atoms with Gasteiger partial charge in [0.05, 0.1) is 17.8 Å². The van der Waals surface area contributed by atoms with Gasteiger partial charge >= 0.3 is 0 Å². The normalized spacial score (nSPS) is 11.1. The van der Waals surface area contributed by atoms with Gasteiger partial charge in [-0.15, -0.1) is 0 Å². The number of rotatable bonds is 5. The minimum Gasteiger partial charge on any atom is -0.303 e. The van der Waals surface area contributed by atoms with Gasteiger partial charge < -0.3 is 4.79 Å². The average Bonchev–Trinajstić information content (AvgIpc) is 2.89. The second-order valence-corrected chi connectivity index (χ2v) is 6.05. The second-order valence-electron chi connectivity index (χ2n) is 6.05. The third-order valence-corrected chi connectivity index (χ3v) is 4.50. The fourth-order valence-electron chi connectivity index (χ4n) is 3.14. The van der Waals surface area contributed by atoms with Gasteiger partial charge in [-0.3, -0.25) is 4.68 Å². The molecule has 0 aliphatic carbocycles. The van der Waals surface area contributed by atoms with E-state index in [1.165, 1.54) is 22.1 Å². The maximum Gasteiger partial charge on any atom is 0.124 e. The minimum atomic E-state index is 0.450. The lowest BCUT2D eigenvalue weighted by Gasteiger charge is -2.11. The summed E-state index contributed by atoms with van der Waals surface area (Å²) < 4.78 is 2.08. The third kappa shape index (κ3) is 2.91. The Morgan fingerprint density at radius 1 is 1.13 bits per heavy atom. The van der Waals surface area contributed by atoms with Crippen molar-refractivity contribution in [2.45, 2.75) is 40.2 Å². The van der Waals surface area contributed by atoms with Gasteiger partial charge in [-0.1, -0.05) is 37.3 Å². The fourth-order valence-corrected chi connectivity index (χ4v) is 3.14. The van der Waals surface area contributed by atoms with Crippen molar-refractivity contribution < 1.29 is 4.79 Å². The Labute approximate surface area is 136 Å². The zero-order valence-corrected chi connectivity index (χ0v) is 14.0. The largest absolute Gasteiger partial charge is 0.303 e. The van der Waals surface area contributed by atoms with Crippen LogP contribution in [0.3, 0.4) is 0 Å². The first-order valence-corrected chi connectivity index (χ1v) is 8.11. The summed E-state index contributed by atoms with van der Waals surface area (Å²) in [5, 5.41) is 6.00. The lowest BCUT2D eigenvalue weighted by atomic mass is 10.0. The Kier molecular flexibility index (Phi) is 4.28. The number of hydrogen-bond donors (Lipinski definition) is 0. The molecule has 0 amide bonds. The number of carbonyl (C=O) groups excluding carboxylic acids is 1. The first-order chi connectivity index (χ1) is 11.1. The van der Waals surface area contributed by atoms with Crippen molar-refractivity contribution in [3.8, 4) is 0 Å². The number of carbonyl (C=O) groups is 1. The average molecular weight is 306 g/mol. The van der Waals surface area contributed by atoms with Crippen LogP contribution in [0, 0.1) is 13.8 Å². The number of hydrogen-bond acceptors (Lipinski definition) is 2. The Balaban J connectivity index is 2.12. The monoisotopic (exact) mass is 306 g/mol. The molecule has 0 N–H and O–H groups in total. The molecule has 118 valence electrons. The highest BCUT2D eigenvalue weighted by molar-refractivity contribution is 5.83. The summed E-state index contributed by atoms with van der Waals surface area (Å²) in [6, 6.07) is 12.6. The van der Waals surface area contributed by atoms with Crippen molar-refractivity contribution in [2.24, 2.45) is 0 Å². The van der Waals surface area contributed by atoms with E-state index < -0.39 is 0 Å². The Morgan fingerprint density at radius 2 is 1.87 bits per heavy atom. The molecule has 0 aliphatic rings. The molecule has 1 heterocycles. The van der Waals surface area contributed by atoms with Crippen LogP contribution in [-0.4, -0.2) is 16.1 Å². The van der Waals surface area contributed by atoms with Gasteiger partial charge in [-0.05, 0) is 48.6 Å². The number of benzene rings is 2. The molecule has 0 spiro atoms. The lowest BCUT2D eigenvalue weighted by molar-refractivity contribution is -0.107. The molecular weight excluding hydrogens is 284 g/mol. The predicted molar refractivity (Wildman–Crippen MR) is 93.9 cm³/mol. The Bertz CT molecular complexity index is 841. The van der Waals surface area contributed by atoms with E-state index in [9.17, 15) is 4.79 Å². The molecule has 1 aromatic heterocycles. The SMILES string of the molecule is CCc1nn(Cc2c(C)cccc2C)c2cc(CC=O)ccc12. The van der Waals surface area contributed by atoms with E-state index in [1.807, 2.05) is 6.07 Å². The highest BCUT2D eigenvalue weighted by atomic mass is 16.1. The van der Waals surface area contributed by atoms with Gasteiger partial charge in [0.15, 0.2) is 0 Å². The first kappa shape index (κ1) is 15.5. The van der Waals surface area contributed by atoms with Crippen LogP contribution in [0.2, 0.25) is 0 Å². The molecule has 2 aromatic carbocycles. The molecule has 0 atom stereocenters. The summed E-state index contributed by atoms with van der Waals surface area (Å²) in [6.07, 6.45) is 2.31. The summed E-state index contributed by atoms with van der Waals surface area (Å²) in [5.74, 6) is 0. The summed E-state index contributed by atoms with van der Waals surface area (Å²) in [4.78, 5) is 10.8. The van der Waals surface area contributed by atoms with Crippen LogP contribution in [0.25, 0.3) is 10.9 Å². The van der Waals surface area contributed by atoms with Crippen LogP contribution in [0.1, 0.15) is 34.9 Å². The second kappa shape index (κ2) is 6.37. The molecule has 0 saturated carbocycles. The first-order valence-electron chi connectivity index (χ1n) is 8.11. The molecule has 0 saturated heterocycles. The summed E-state index contributed by atoms with van der Waals surface area (Å²) in [7, 11) is 0. The van der Waals surface area contributed by atoms with Crippen molar-refractivity contribution in [2.75, 3.05) is 0 Å². The van der Waals surface area contributed by atoms with Crippen LogP contribution in [-0.2, 0) is 24.2 Å². The molecule has 3 aromatic rings. The van der Waals surface area contributed by atoms with Crippen LogP contribution < -0.4 is 0 Å². The van der Waals surface area contributed by atoms with E-state index in [4.69, 9.17) is 5.10 Å². The van der Waals surface area contributed by atoms with E-state index in [0.717, 1.165) is 36.0 Å². The van der Waals surface area contributed by atoms with E-state index >= 15 is 0 Å².